The van der Waals surface area contributed by atoms with Crippen LogP contribution in [0.25, 0.3) is 0 Å². The number of nitrogens with zero attached hydrogens (tertiary/aromatic N) is 1. The Labute approximate surface area is 150 Å². The van der Waals surface area contributed by atoms with Gasteiger partial charge in [-0.15, -0.1) is 11.8 Å². The molecular formula is C17H22N4O3S. The van der Waals surface area contributed by atoms with E-state index in [-0.39, 0.29) is 23.9 Å². The van der Waals surface area contributed by atoms with Crippen LogP contribution in [-0.2, 0) is 9.59 Å². The van der Waals surface area contributed by atoms with Crippen molar-refractivity contribution in [1.29, 1.82) is 0 Å². The number of rotatable bonds is 3. The maximum Gasteiger partial charge on any atom is 0.319 e. The molecule has 2 fully saturated rings. The number of fused-ring (bicyclic) bond motifs is 1. The van der Waals surface area contributed by atoms with Crippen LogP contribution in [0.4, 0.5) is 10.5 Å². The monoisotopic (exact) mass is 362 g/mol. The summed E-state index contributed by atoms with van der Waals surface area (Å²) >= 11 is 1.61. The fraction of sp³-hybridized carbons (Fsp3) is 0.471. The second-order valence-electron chi connectivity index (χ2n) is 6.33. The van der Waals surface area contributed by atoms with Crippen molar-refractivity contribution in [2.75, 3.05) is 18.1 Å². The Hall–Kier alpha value is -2.22. The van der Waals surface area contributed by atoms with Crippen molar-refractivity contribution < 1.29 is 14.4 Å². The van der Waals surface area contributed by atoms with Crippen molar-refractivity contribution in [2.24, 2.45) is 0 Å². The Morgan fingerprint density at radius 2 is 2.16 bits per heavy atom. The van der Waals surface area contributed by atoms with Crippen molar-refractivity contribution >= 4 is 35.3 Å². The number of thioether (sulfide) groups is 1. The highest BCUT2D eigenvalue weighted by Crippen LogP contribution is 2.23. The Kier molecular flexibility index (Phi) is 5.17. The van der Waals surface area contributed by atoms with Crippen molar-refractivity contribution in [2.45, 2.75) is 42.8 Å². The molecule has 2 aliphatic rings. The first kappa shape index (κ1) is 17.6. The number of nitrogens with one attached hydrogen (secondary N) is 3. The zero-order valence-electron chi connectivity index (χ0n) is 14.2. The highest BCUT2D eigenvalue weighted by molar-refractivity contribution is 7.98. The summed E-state index contributed by atoms with van der Waals surface area (Å²) < 4.78 is 0. The van der Waals surface area contributed by atoms with Gasteiger partial charge in [-0.2, -0.15) is 0 Å². The largest absolute Gasteiger partial charge is 0.343 e. The maximum absolute atomic E-state index is 12.2. The number of hydrogen-bond donors (Lipinski definition) is 3. The number of carbonyl (C=O) groups excluding carboxylic acids is 3. The first-order chi connectivity index (χ1) is 12.0. The number of carbonyl (C=O) groups is 3. The number of urea groups is 1. The molecule has 0 aromatic heterocycles. The Balaban J connectivity index is 1.58. The third-order valence-corrected chi connectivity index (χ3v) is 5.31. The number of piperidine rings is 1. The lowest BCUT2D eigenvalue weighted by atomic mass is 9.93. The van der Waals surface area contributed by atoms with Gasteiger partial charge in [0, 0.05) is 23.2 Å². The van der Waals surface area contributed by atoms with Crippen LogP contribution < -0.4 is 16.0 Å². The molecule has 3 atom stereocenters. The van der Waals surface area contributed by atoms with Gasteiger partial charge in [0.1, 0.15) is 12.1 Å². The minimum atomic E-state index is -0.498. The third kappa shape index (κ3) is 3.89. The minimum absolute atomic E-state index is 0.0543. The molecule has 4 amide bonds. The zero-order chi connectivity index (χ0) is 18.0. The van der Waals surface area contributed by atoms with E-state index in [1.54, 1.807) is 23.6 Å². The van der Waals surface area contributed by atoms with Gasteiger partial charge in [-0.1, -0.05) is 6.07 Å². The van der Waals surface area contributed by atoms with E-state index in [4.69, 9.17) is 0 Å². The van der Waals surface area contributed by atoms with E-state index in [2.05, 4.69) is 16.0 Å². The lowest BCUT2D eigenvalue weighted by Gasteiger charge is -2.43. The zero-order valence-corrected chi connectivity index (χ0v) is 15.1. The van der Waals surface area contributed by atoms with Crippen molar-refractivity contribution in [3.8, 4) is 0 Å². The van der Waals surface area contributed by atoms with Gasteiger partial charge in [0.15, 0.2) is 0 Å². The molecule has 25 heavy (non-hydrogen) atoms. The molecule has 3 N–H and O–H groups in total. The molecule has 8 heteroatoms. The predicted octanol–water partition coefficient (Wildman–Crippen LogP) is 1.41. The molecule has 1 aromatic carbocycles. The van der Waals surface area contributed by atoms with E-state index in [0.717, 1.165) is 10.6 Å². The maximum atomic E-state index is 12.2. The second kappa shape index (κ2) is 7.35. The van der Waals surface area contributed by atoms with Crippen LogP contribution in [0.5, 0.6) is 0 Å². The standard InChI is InChI=1S/C17H22N4O3S/c1-10-16(23)21-7-6-12(9-14(21)15(22)18-10)20-17(24)19-11-4-3-5-13(8-11)25-2/h3-5,8,10,12,14H,6-7,9H2,1-2H3,(H,18,22)(H2,19,20,24)/t10-,12-,14-/m0/s1. The van der Waals surface area contributed by atoms with Gasteiger partial charge < -0.3 is 20.9 Å². The highest BCUT2D eigenvalue weighted by Gasteiger charge is 2.42. The van der Waals surface area contributed by atoms with E-state index >= 15 is 0 Å². The van der Waals surface area contributed by atoms with E-state index < -0.39 is 12.1 Å². The Morgan fingerprint density at radius 1 is 1.36 bits per heavy atom. The van der Waals surface area contributed by atoms with E-state index in [9.17, 15) is 14.4 Å². The smallest absolute Gasteiger partial charge is 0.319 e. The molecule has 0 bridgehead atoms. The van der Waals surface area contributed by atoms with E-state index in [1.165, 1.54) is 0 Å². The van der Waals surface area contributed by atoms with Crippen LogP contribution in [0.15, 0.2) is 29.2 Å². The van der Waals surface area contributed by atoms with Crippen LogP contribution in [0.3, 0.4) is 0 Å². The lowest BCUT2D eigenvalue weighted by molar-refractivity contribution is -0.151. The summed E-state index contributed by atoms with van der Waals surface area (Å²) in [7, 11) is 0. The SMILES string of the molecule is CSc1cccc(NC(=O)N[C@H]2CCN3C(=O)[C@H](C)NC(=O)[C@@H]3C2)c1. The number of piperazine rings is 1. The summed E-state index contributed by atoms with van der Waals surface area (Å²) in [6.45, 7) is 2.17. The molecule has 2 saturated heterocycles. The predicted molar refractivity (Wildman–Crippen MR) is 96.5 cm³/mol. The summed E-state index contributed by atoms with van der Waals surface area (Å²) in [5, 5.41) is 8.42. The summed E-state index contributed by atoms with van der Waals surface area (Å²) in [6.07, 6.45) is 3.05. The number of hydrogen-bond acceptors (Lipinski definition) is 4. The molecule has 0 saturated carbocycles. The number of amides is 4. The van der Waals surface area contributed by atoms with Crippen molar-refractivity contribution in [1.82, 2.24) is 15.5 Å². The van der Waals surface area contributed by atoms with Crippen LogP contribution in [0.2, 0.25) is 0 Å². The van der Waals surface area contributed by atoms with Gasteiger partial charge in [0.25, 0.3) is 0 Å². The van der Waals surface area contributed by atoms with Gasteiger partial charge in [-0.3, -0.25) is 9.59 Å². The molecule has 3 rings (SSSR count). The third-order valence-electron chi connectivity index (χ3n) is 4.58. The summed E-state index contributed by atoms with van der Waals surface area (Å²) in [6, 6.07) is 6.19. The summed E-state index contributed by atoms with van der Waals surface area (Å²) in [4.78, 5) is 39.2. The molecular weight excluding hydrogens is 340 g/mol. The van der Waals surface area contributed by atoms with Crippen molar-refractivity contribution in [3.05, 3.63) is 24.3 Å². The van der Waals surface area contributed by atoms with Crippen LogP contribution in [0.1, 0.15) is 19.8 Å². The van der Waals surface area contributed by atoms with Gasteiger partial charge in [0.05, 0.1) is 0 Å². The lowest BCUT2D eigenvalue weighted by Crippen LogP contribution is -2.66. The normalized spacial score (nSPS) is 25.8. The molecule has 1 aromatic rings. The van der Waals surface area contributed by atoms with Crippen LogP contribution in [0, 0.1) is 0 Å². The van der Waals surface area contributed by atoms with Gasteiger partial charge in [-0.05, 0) is 44.2 Å². The molecule has 0 spiro atoms. The molecule has 7 nitrogen and oxygen atoms in total. The van der Waals surface area contributed by atoms with Gasteiger partial charge >= 0.3 is 6.03 Å². The Morgan fingerprint density at radius 3 is 2.92 bits per heavy atom. The van der Waals surface area contributed by atoms with Gasteiger partial charge in [0.2, 0.25) is 11.8 Å². The highest BCUT2D eigenvalue weighted by atomic mass is 32.2. The fourth-order valence-electron chi connectivity index (χ4n) is 3.28. The molecule has 2 heterocycles. The molecule has 2 aliphatic heterocycles. The van der Waals surface area contributed by atoms with E-state index in [0.29, 0.717) is 19.4 Å². The number of benzene rings is 1. The molecule has 134 valence electrons. The quantitative estimate of drug-likeness (QED) is 0.709. The first-order valence-corrected chi connectivity index (χ1v) is 9.53. The fourth-order valence-corrected chi connectivity index (χ4v) is 3.74. The molecule has 0 aliphatic carbocycles. The van der Waals surface area contributed by atoms with Crippen molar-refractivity contribution in [3.63, 3.8) is 0 Å². The van der Waals surface area contributed by atoms with E-state index in [1.807, 2.05) is 30.5 Å². The topological polar surface area (TPSA) is 90.5 Å². The minimum Gasteiger partial charge on any atom is -0.343 e. The Bertz CT molecular complexity index is 696. The van der Waals surface area contributed by atoms with Crippen LogP contribution in [-0.4, -0.2) is 53.7 Å². The van der Waals surface area contributed by atoms with Gasteiger partial charge in [-0.25, -0.2) is 4.79 Å². The summed E-state index contributed by atoms with van der Waals surface area (Å²) in [5.41, 5.74) is 0.723. The summed E-state index contributed by atoms with van der Waals surface area (Å²) in [5.74, 6) is -0.201. The first-order valence-electron chi connectivity index (χ1n) is 8.30. The second-order valence-corrected chi connectivity index (χ2v) is 7.21. The number of anilines is 1. The van der Waals surface area contributed by atoms with Crippen LogP contribution >= 0.6 is 11.8 Å². The molecule has 0 radical (unpaired) electrons. The average Bonchev–Trinajstić information content (AvgIpc) is 2.60. The average molecular weight is 362 g/mol. The molecule has 0 unspecified atom stereocenters.